The van der Waals surface area contributed by atoms with Gasteiger partial charge in [0.2, 0.25) is 10.0 Å². The molecule has 0 saturated carbocycles. The van der Waals surface area contributed by atoms with Gasteiger partial charge in [-0.05, 0) is 54.8 Å². The van der Waals surface area contributed by atoms with Crippen LogP contribution in [-0.4, -0.2) is 71.3 Å². The molecule has 31 heavy (non-hydrogen) atoms. The first-order valence-corrected chi connectivity index (χ1v) is 12.6. The summed E-state index contributed by atoms with van der Waals surface area (Å²) in [4.78, 5) is 17.3. The Morgan fingerprint density at radius 2 is 1.81 bits per heavy atom. The second-order valence-electron chi connectivity index (χ2n) is 8.35. The topological polar surface area (TPSA) is 73.0 Å². The molecule has 7 nitrogen and oxygen atoms in total. The van der Waals surface area contributed by atoms with Gasteiger partial charge in [0.05, 0.1) is 11.9 Å². The van der Waals surface area contributed by atoms with Crippen LogP contribution in [0.1, 0.15) is 21.5 Å². The molecule has 1 N–H and O–H groups in total. The highest BCUT2D eigenvalue weighted by Gasteiger charge is 2.26. The Hall–Kier alpha value is -2.58. The Bertz CT molecular complexity index is 1060. The number of sulfonamides is 1. The summed E-state index contributed by atoms with van der Waals surface area (Å²) >= 11 is 0. The van der Waals surface area contributed by atoms with E-state index in [1.165, 1.54) is 21.8 Å². The van der Waals surface area contributed by atoms with Crippen LogP contribution in [0.3, 0.4) is 0 Å². The zero-order valence-electron chi connectivity index (χ0n) is 18.2. The Morgan fingerprint density at radius 3 is 2.52 bits per heavy atom. The molecule has 0 aliphatic carbocycles. The van der Waals surface area contributed by atoms with E-state index in [2.05, 4.69) is 46.3 Å². The van der Waals surface area contributed by atoms with E-state index in [1.807, 2.05) is 6.07 Å². The minimum atomic E-state index is -3.28. The van der Waals surface area contributed by atoms with Crippen molar-refractivity contribution in [1.29, 1.82) is 0 Å². The van der Waals surface area contributed by atoms with Gasteiger partial charge >= 0.3 is 0 Å². The summed E-state index contributed by atoms with van der Waals surface area (Å²) in [6, 6.07) is 13.9. The average molecular weight is 443 g/mol. The molecule has 166 valence electrons. The number of hydrogen-bond donors (Lipinski definition) is 1. The molecule has 2 heterocycles. The van der Waals surface area contributed by atoms with Gasteiger partial charge in [0, 0.05) is 57.1 Å². The van der Waals surface area contributed by atoms with Crippen molar-refractivity contribution in [2.45, 2.75) is 13.3 Å². The number of nitrogens with one attached hydrogen (secondary N) is 1. The molecular formula is C23H30N4O3S. The number of fused-ring (bicyclic) bond motifs is 1. The van der Waals surface area contributed by atoms with Crippen LogP contribution in [0, 0.1) is 6.92 Å². The number of carbonyl (C=O) groups is 1. The fraction of sp³-hybridized carbons (Fsp3) is 0.435. The second kappa shape index (κ2) is 8.88. The highest BCUT2D eigenvalue weighted by atomic mass is 32.2. The largest absolute Gasteiger partial charge is 0.369 e. The van der Waals surface area contributed by atoms with Gasteiger partial charge in [-0.3, -0.25) is 14.0 Å². The van der Waals surface area contributed by atoms with Crippen LogP contribution in [0.25, 0.3) is 0 Å². The maximum Gasteiger partial charge on any atom is 0.251 e. The number of anilines is 2. The van der Waals surface area contributed by atoms with E-state index >= 15 is 0 Å². The van der Waals surface area contributed by atoms with Gasteiger partial charge < -0.3 is 10.2 Å². The SMILES string of the molecule is Cc1cccc(N2CCN(CCNC(=O)c3ccc4c(c3)CCN4S(C)(=O)=O)CC2)c1. The normalized spacial score (nSPS) is 17.0. The number of nitrogens with zero attached hydrogens (tertiary/aromatic N) is 3. The van der Waals surface area contributed by atoms with Gasteiger partial charge in [0.25, 0.3) is 5.91 Å². The van der Waals surface area contributed by atoms with E-state index in [-0.39, 0.29) is 5.91 Å². The Morgan fingerprint density at radius 1 is 1.03 bits per heavy atom. The quantitative estimate of drug-likeness (QED) is 0.740. The van der Waals surface area contributed by atoms with E-state index in [0.717, 1.165) is 38.3 Å². The van der Waals surface area contributed by atoms with E-state index in [4.69, 9.17) is 0 Å². The molecule has 1 saturated heterocycles. The maximum absolute atomic E-state index is 12.6. The Kier molecular flexibility index (Phi) is 6.20. The number of aryl methyl sites for hydroxylation is 1. The van der Waals surface area contributed by atoms with Crippen molar-refractivity contribution in [3.05, 3.63) is 59.2 Å². The van der Waals surface area contributed by atoms with E-state index in [0.29, 0.717) is 30.8 Å². The molecule has 1 fully saturated rings. The molecule has 0 spiro atoms. The third-order valence-electron chi connectivity index (χ3n) is 6.05. The molecule has 1 amide bonds. The fourth-order valence-electron chi connectivity index (χ4n) is 4.34. The summed E-state index contributed by atoms with van der Waals surface area (Å²) in [5, 5.41) is 3.00. The lowest BCUT2D eigenvalue weighted by Gasteiger charge is -2.36. The Labute approximate surface area is 184 Å². The van der Waals surface area contributed by atoms with Crippen LogP contribution < -0.4 is 14.5 Å². The molecule has 2 aromatic carbocycles. The van der Waals surface area contributed by atoms with Crippen molar-refractivity contribution in [2.75, 3.05) is 61.3 Å². The molecule has 8 heteroatoms. The smallest absolute Gasteiger partial charge is 0.251 e. The number of carbonyl (C=O) groups excluding carboxylic acids is 1. The zero-order chi connectivity index (χ0) is 22.0. The predicted molar refractivity (Wildman–Crippen MR) is 125 cm³/mol. The number of rotatable bonds is 6. The lowest BCUT2D eigenvalue weighted by Crippen LogP contribution is -2.48. The van der Waals surface area contributed by atoms with Gasteiger partial charge in [-0.25, -0.2) is 8.42 Å². The highest BCUT2D eigenvalue weighted by molar-refractivity contribution is 7.92. The van der Waals surface area contributed by atoms with Crippen molar-refractivity contribution in [3.63, 3.8) is 0 Å². The first-order chi connectivity index (χ1) is 14.8. The maximum atomic E-state index is 12.6. The highest BCUT2D eigenvalue weighted by Crippen LogP contribution is 2.30. The first-order valence-electron chi connectivity index (χ1n) is 10.7. The molecule has 0 atom stereocenters. The van der Waals surface area contributed by atoms with Crippen LogP contribution in [0.4, 0.5) is 11.4 Å². The monoisotopic (exact) mass is 442 g/mol. The van der Waals surface area contributed by atoms with Gasteiger partial charge in [-0.2, -0.15) is 0 Å². The molecule has 0 bridgehead atoms. The van der Waals surface area contributed by atoms with E-state index in [1.54, 1.807) is 12.1 Å². The third kappa shape index (κ3) is 5.02. The zero-order valence-corrected chi connectivity index (χ0v) is 19.0. The summed E-state index contributed by atoms with van der Waals surface area (Å²) in [6.07, 6.45) is 1.85. The Balaban J connectivity index is 1.25. The number of amides is 1. The van der Waals surface area contributed by atoms with Crippen LogP contribution in [-0.2, 0) is 16.4 Å². The van der Waals surface area contributed by atoms with Crippen molar-refractivity contribution < 1.29 is 13.2 Å². The summed E-state index contributed by atoms with van der Waals surface area (Å²) in [5.41, 5.74) is 4.73. The lowest BCUT2D eigenvalue weighted by atomic mass is 10.1. The van der Waals surface area contributed by atoms with Crippen LogP contribution in [0.15, 0.2) is 42.5 Å². The summed E-state index contributed by atoms with van der Waals surface area (Å²) in [7, 11) is -3.28. The molecule has 2 aliphatic rings. The molecule has 0 unspecified atom stereocenters. The van der Waals surface area contributed by atoms with Crippen LogP contribution in [0.2, 0.25) is 0 Å². The summed E-state index contributed by atoms with van der Waals surface area (Å²) in [6.45, 7) is 7.89. The lowest BCUT2D eigenvalue weighted by molar-refractivity contribution is 0.0947. The number of piperazine rings is 1. The minimum Gasteiger partial charge on any atom is -0.369 e. The summed E-state index contributed by atoms with van der Waals surface area (Å²) < 4.78 is 25.1. The van der Waals surface area contributed by atoms with Crippen LogP contribution in [0.5, 0.6) is 0 Å². The summed E-state index contributed by atoms with van der Waals surface area (Å²) in [5.74, 6) is -0.112. The predicted octanol–water partition coefficient (Wildman–Crippen LogP) is 1.87. The van der Waals surface area contributed by atoms with E-state index in [9.17, 15) is 13.2 Å². The van der Waals surface area contributed by atoms with Gasteiger partial charge in [0.15, 0.2) is 0 Å². The number of benzene rings is 2. The van der Waals surface area contributed by atoms with Crippen molar-refractivity contribution in [2.24, 2.45) is 0 Å². The van der Waals surface area contributed by atoms with Gasteiger partial charge in [-0.15, -0.1) is 0 Å². The van der Waals surface area contributed by atoms with E-state index < -0.39 is 10.0 Å². The van der Waals surface area contributed by atoms with Crippen LogP contribution >= 0.6 is 0 Å². The first kappa shape index (κ1) is 21.6. The number of hydrogen-bond acceptors (Lipinski definition) is 5. The average Bonchev–Trinajstić information content (AvgIpc) is 3.18. The standard InChI is InChI=1S/C23H30N4O3S/c1-18-4-3-5-21(16-18)26-14-12-25(13-15-26)11-9-24-23(28)20-6-7-22-19(17-20)8-10-27(22)31(2,29)30/h3-7,16-17H,8-15H2,1-2H3,(H,24,28). The molecule has 2 aliphatic heterocycles. The molecule has 2 aromatic rings. The molecular weight excluding hydrogens is 412 g/mol. The molecule has 4 rings (SSSR count). The third-order valence-corrected chi connectivity index (χ3v) is 7.23. The molecule has 0 aromatic heterocycles. The fourth-order valence-corrected chi connectivity index (χ4v) is 5.30. The van der Waals surface area contributed by atoms with Gasteiger partial charge in [-0.1, -0.05) is 12.1 Å². The minimum absolute atomic E-state index is 0.112. The van der Waals surface area contributed by atoms with Crippen molar-refractivity contribution in [3.8, 4) is 0 Å². The molecule has 0 radical (unpaired) electrons. The van der Waals surface area contributed by atoms with Crippen molar-refractivity contribution in [1.82, 2.24) is 10.2 Å². The second-order valence-corrected chi connectivity index (χ2v) is 10.3. The van der Waals surface area contributed by atoms with Crippen molar-refractivity contribution >= 4 is 27.3 Å². The van der Waals surface area contributed by atoms with Gasteiger partial charge in [0.1, 0.15) is 0 Å².